The fraction of sp³-hybridized carbons (Fsp3) is 0.692. The summed E-state index contributed by atoms with van der Waals surface area (Å²) in [6, 6.07) is 1.03. The van der Waals surface area contributed by atoms with Crippen molar-refractivity contribution in [1.29, 1.82) is 0 Å². The van der Waals surface area contributed by atoms with Gasteiger partial charge in [-0.25, -0.2) is 4.98 Å². The number of nitrogens with two attached hydrogens (primary N) is 1. The Labute approximate surface area is 118 Å². The average molecular weight is 282 g/mol. The second-order valence-electron chi connectivity index (χ2n) is 5.61. The van der Waals surface area contributed by atoms with Gasteiger partial charge in [-0.1, -0.05) is 0 Å². The van der Waals surface area contributed by atoms with E-state index in [0.29, 0.717) is 17.8 Å². The van der Waals surface area contributed by atoms with E-state index in [1.54, 1.807) is 0 Å². The second kappa shape index (κ2) is 4.80. The van der Waals surface area contributed by atoms with E-state index in [9.17, 15) is 0 Å². The maximum atomic E-state index is 6.14. The molecule has 5 nitrogen and oxygen atoms in total. The highest BCUT2D eigenvalue weighted by Gasteiger charge is 2.35. The molecule has 19 heavy (non-hydrogen) atoms. The molecular weight excluding hydrogens is 262 g/mol. The van der Waals surface area contributed by atoms with Gasteiger partial charge in [-0.15, -0.1) is 0 Å². The van der Waals surface area contributed by atoms with Gasteiger partial charge < -0.3 is 10.6 Å². The molecule has 0 radical (unpaired) electrons. The van der Waals surface area contributed by atoms with Crippen molar-refractivity contribution in [3.63, 3.8) is 0 Å². The topological polar surface area (TPSA) is 58.3 Å². The maximum Gasteiger partial charge on any atom is 0.224 e. The average Bonchev–Trinajstić information content (AvgIpc) is 2.80. The third kappa shape index (κ3) is 2.25. The molecule has 0 bridgehead atoms. The Morgan fingerprint density at radius 3 is 2.89 bits per heavy atom. The molecular formula is C13H20ClN5. The summed E-state index contributed by atoms with van der Waals surface area (Å²) in [7, 11) is 0. The lowest BCUT2D eigenvalue weighted by Crippen LogP contribution is -2.55. The van der Waals surface area contributed by atoms with Crippen LogP contribution >= 0.6 is 11.6 Å². The van der Waals surface area contributed by atoms with Gasteiger partial charge in [-0.2, -0.15) is 4.98 Å². The molecule has 0 amide bonds. The Hall–Kier alpha value is -1.07. The van der Waals surface area contributed by atoms with Crippen LogP contribution in [0.3, 0.4) is 0 Å². The predicted molar refractivity (Wildman–Crippen MR) is 77.6 cm³/mol. The molecule has 2 aliphatic heterocycles. The fourth-order valence-electron chi connectivity index (χ4n) is 3.23. The summed E-state index contributed by atoms with van der Waals surface area (Å²) in [6.07, 6.45) is 2.56. The number of hydrogen-bond acceptors (Lipinski definition) is 5. The third-order valence-corrected chi connectivity index (χ3v) is 4.47. The molecule has 0 spiro atoms. The molecule has 2 saturated heterocycles. The minimum Gasteiger partial charge on any atom is -0.394 e. The lowest BCUT2D eigenvalue weighted by molar-refractivity contribution is 0.202. The van der Waals surface area contributed by atoms with Crippen LogP contribution in [0.15, 0.2) is 0 Å². The van der Waals surface area contributed by atoms with E-state index in [1.807, 2.05) is 6.92 Å². The van der Waals surface area contributed by atoms with Gasteiger partial charge in [0.25, 0.3) is 0 Å². The smallest absolute Gasteiger partial charge is 0.224 e. The van der Waals surface area contributed by atoms with Crippen molar-refractivity contribution >= 4 is 23.1 Å². The van der Waals surface area contributed by atoms with Gasteiger partial charge >= 0.3 is 0 Å². The Balaban J connectivity index is 1.93. The van der Waals surface area contributed by atoms with E-state index in [4.69, 9.17) is 17.3 Å². The number of nitrogens with zero attached hydrogens (tertiary/aromatic N) is 4. The molecule has 0 saturated carbocycles. The zero-order chi connectivity index (χ0) is 13.6. The highest BCUT2D eigenvalue weighted by Crippen LogP contribution is 2.32. The summed E-state index contributed by atoms with van der Waals surface area (Å²) in [5.74, 6) is 0.802. The minimum absolute atomic E-state index is 0.280. The van der Waals surface area contributed by atoms with Crippen LogP contribution in [0.2, 0.25) is 5.28 Å². The summed E-state index contributed by atoms with van der Waals surface area (Å²) in [6.45, 7) is 7.38. The van der Waals surface area contributed by atoms with Crippen LogP contribution in [-0.4, -0.2) is 46.6 Å². The van der Waals surface area contributed by atoms with Gasteiger partial charge in [-0.05, 0) is 44.8 Å². The molecule has 2 atom stereocenters. The number of aromatic nitrogens is 2. The van der Waals surface area contributed by atoms with E-state index >= 15 is 0 Å². The van der Waals surface area contributed by atoms with E-state index in [2.05, 4.69) is 26.7 Å². The number of aryl methyl sites for hydroxylation is 1. The van der Waals surface area contributed by atoms with Gasteiger partial charge in [0.2, 0.25) is 5.28 Å². The number of piperazine rings is 1. The fourth-order valence-corrected chi connectivity index (χ4v) is 3.44. The van der Waals surface area contributed by atoms with Crippen molar-refractivity contribution in [3.05, 3.63) is 11.0 Å². The van der Waals surface area contributed by atoms with E-state index < -0.39 is 0 Å². The summed E-state index contributed by atoms with van der Waals surface area (Å²) in [4.78, 5) is 13.3. The van der Waals surface area contributed by atoms with Crippen LogP contribution in [0.4, 0.5) is 11.5 Å². The first kappa shape index (κ1) is 12.9. The lowest BCUT2D eigenvalue weighted by atomic mass is 10.1. The highest BCUT2D eigenvalue weighted by molar-refractivity contribution is 6.28. The standard InChI is InChI=1S/C13H20ClN5/c1-8-6-18-5-3-4-10(18)7-19(8)12-11(15)9(2)16-13(14)17-12/h8,10H,3-7,15H2,1-2H3. The number of rotatable bonds is 1. The Morgan fingerprint density at radius 2 is 2.11 bits per heavy atom. The SMILES string of the molecule is Cc1nc(Cl)nc(N2CC3CCCN3CC2C)c1N. The largest absolute Gasteiger partial charge is 0.394 e. The van der Waals surface area contributed by atoms with E-state index in [1.165, 1.54) is 19.4 Å². The summed E-state index contributed by atoms with van der Waals surface area (Å²) in [5.41, 5.74) is 7.56. The first-order valence-corrected chi connectivity index (χ1v) is 7.24. The maximum absolute atomic E-state index is 6.14. The van der Waals surface area contributed by atoms with Crippen molar-refractivity contribution < 1.29 is 0 Å². The number of hydrogen-bond donors (Lipinski definition) is 1. The summed E-state index contributed by atoms with van der Waals surface area (Å²) >= 11 is 5.99. The van der Waals surface area contributed by atoms with E-state index in [-0.39, 0.29) is 5.28 Å². The van der Waals surface area contributed by atoms with E-state index in [0.717, 1.165) is 24.6 Å². The highest BCUT2D eigenvalue weighted by atomic mass is 35.5. The van der Waals surface area contributed by atoms with Gasteiger partial charge in [0, 0.05) is 25.2 Å². The molecule has 0 aliphatic carbocycles. The monoisotopic (exact) mass is 281 g/mol. The molecule has 2 fully saturated rings. The lowest BCUT2D eigenvalue weighted by Gasteiger charge is -2.43. The number of fused-ring (bicyclic) bond motifs is 1. The Kier molecular flexibility index (Phi) is 3.27. The quantitative estimate of drug-likeness (QED) is 0.794. The van der Waals surface area contributed by atoms with Crippen molar-refractivity contribution in [1.82, 2.24) is 14.9 Å². The normalized spacial score (nSPS) is 27.6. The van der Waals surface area contributed by atoms with Crippen molar-refractivity contribution in [2.75, 3.05) is 30.3 Å². The third-order valence-electron chi connectivity index (χ3n) is 4.30. The Morgan fingerprint density at radius 1 is 1.32 bits per heavy atom. The molecule has 0 aromatic carbocycles. The van der Waals surface area contributed by atoms with Crippen LogP contribution in [0, 0.1) is 6.92 Å². The zero-order valence-corrected chi connectivity index (χ0v) is 12.2. The molecule has 104 valence electrons. The first-order valence-electron chi connectivity index (χ1n) is 6.86. The van der Waals surface area contributed by atoms with Crippen LogP contribution in [0.25, 0.3) is 0 Å². The number of halogens is 1. The van der Waals surface area contributed by atoms with Crippen molar-refractivity contribution in [2.24, 2.45) is 0 Å². The van der Waals surface area contributed by atoms with Gasteiger partial charge in [0.05, 0.1) is 11.4 Å². The van der Waals surface area contributed by atoms with Gasteiger partial charge in [-0.3, -0.25) is 4.90 Å². The summed E-state index contributed by atoms with van der Waals surface area (Å²) in [5, 5.41) is 0.280. The summed E-state index contributed by atoms with van der Waals surface area (Å²) < 4.78 is 0. The Bertz CT molecular complexity index is 492. The van der Waals surface area contributed by atoms with Crippen LogP contribution in [0.1, 0.15) is 25.5 Å². The molecule has 1 aromatic rings. The first-order chi connectivity index (χ1) is 9.06. The second-order valence-corrected chi connectivity index (χ2v) is 5.95. The zero-order valence-electron chi connectivity index (χ0n) is 11.4. The number of nitrogen functional groups attached to an aromatic ring is 1. The number of anilines is 2. The van der Waals surface area contributed by atoms with Gasteiger partial charge in [0.1, 0.15) is 0 Å². The minimum atomic E-state index is 0.280. The van der Waals surface area contributed by atoms with Crippen molar-refractivity contribution in [3.8, 4) is 0 Å². The van der Waals surface area contributed by atoms with Crippen molar-refractivity contribution in [2.45, 2.75) is 38.8 Å². The van der Waals surface area contributed by atoms with Crippen LogP contribution < -0.4 is 10.6 Å². The van der Waals surface area contributed by atoms with Crippen LogP contribution in [-0.2, 0) is 0 Å². The molecule has 2 unspecified atom stereocenters. The molecule has 2 N–H and O–H groups in total. The molecule has 3 heterocycles. The molecule has 3 rings (SSSR count). The molecule has 2 aliphatic rings. The van der Waals surface area contributed by atoms with Crippen LogP contribution in [0.5, 0.6) is 0 Å². The predicted octanol–water partition coefficient (Wildman–Crippen LogP) is 1.69. The van der Waals surface area contributed by atoms with Gasteiger partial charge in [0.15, 0.2) is 5.82 Å². The molecule has 6 heteroatoms. The molecule has 1 aromatic heterocycles.